The third-order valence-electron chi connectivity index (χ3n) is 3.72. The highest BCUT2D eigenvalue weighted by Crippen LogP contribution is 2.25. The fourth-order valence-corrected chi connectivity index (χ4v) is 2.89. The fraction of sp³-hybridized carbons (Fsp3) is 0.118. The minimum atomic E-state index is 0.644. The van der Waals surface area contributed by atoms with Crippen molar-refractivity contribution in [2.45, 2.75) is 13.3 Å². The van der Waals surface area contributed by atoms with E-state index >= 15 is 0 Å². The molecule has 0 aliphatic heterocycles. The van der Waals surface area contributed by atoms with Gasteiger partial charge in [-0.3, -0.25) is 0 Å². The summed E-state index contributed by atoms with van der Waals surface area (Å²) in [4.78, 5) is 9.37. The summed E-state index contributed by atoms with van der Waals surface area (Å²) < 4.78 is 1.79. The van der Waals surface area contributed by atoms with Crippen molar-refractivity contribution in [1.82, 2.24) is 19.6 Å². The Bertz CT molecular complexity index is 1020. The second-order valence-electron chi connectivity index (χ2n) is 5.22. The third kappa shape index (κ3) is 2.44. The molecule has 4 rings (SSSR count). The van der Waals surface area contributed by atoms with E-state index in [4.69, 9.17) is 28.2 Å². The van der Waals surface area contributed by atoms with Crippen LogP contribution in [0, 0.1) is 0 Å². The average Bonchev–Trinajstić information content (AvgIpc) is 3.00. The average molecular weight is 343 g/mol. The molecule has 0 radical (unpaired) electrons. The van der Waals surface area contributed by atoms with Gasteiger partial charge in [-0.2, -0.15) is 4.52 Å². The lowest BCUT2D eigenvalue weighted by molar-refractivity contribution is 0.826. The van der Waals surface area contributed by atoms with Crippen LogP contribution in [0.3, 0.4) is 0 Å². The largest absolute Gasteiger partial charge is 0.233 e. The Morgan fingerprint density at radius 2 is 1.70 bits per heavy atom. The Kier molecular flexibility index (Phi) is 3.43. The Morgan fingerprint density at radius 3 is 2.43 bits per heavy atom. The molecule has 0 amide bonds. The number of aromatic nitrogens is 4. The third-order valence-corrected chi connectivity index (χ3v) is 4.21. The van der Waals surface area contributed by atoms with Gasteiger partial charge in [0.2, 0.25) is 0 Å². The Morgan fingerprint density at radius 1 is 0.957 bits per heavy atom. The van der Waals surface area contributed by atoms with Gasteiger partial charge < -0.3 is 0 Å². The maximum atomic E-state index is 6.13. The number of fused-ring (bicyclic) bond motifs is 3. The molecule has 0 aliphatic rings. The van der Waals surface area contributed by atoms with Crippen LogP contribution in [-0.2, 0) is 6.42 Å². The molecule has 0 saturated carbocycles. The van der Waals surface area contributed by atoms with Crippen LogP contribution in [-0.4, -0.2) is 19.6 Å². The Balaban J connectivity index is 2.04. The van der Waals surface area contributed by atoms with Crippen molar-refractivity contribution in [1.29, 1.82) is 0 Å². The molecule has 4 aromatic rings. The van der Waals surface area contributed by atoms with Gasteiger partial charge in [0.05, 0.1) is 5.52 Å². The van der Waals surface area contributed by atoms with E-state index in [0.717, 1.165) is 34.4 Å². The van der Waals surface area contributed by atoms with E-state index in [-0.39, 0.29) is 0 Å². The molecule has 2 aromatic heterocycles. The van der Waals surface area contributed by atoms with Gasteiger partial charge in [-0.1, -0.05) is 30.1 Å². The van der Waals surface area contributed by atoms with Crippen molar-refractivity contribution in [2.75, 3.05) is 0 Å². The minimum Gasteiger partial charge on any atom is -0.233 e. The standard InChI is InChI=1S/C17H12Cl2N4/c1-2-15-20-14-8-7-12(19)9-13(14)17-21-16(22-23(15)17)10-3-5-11(18)6-4-10/h3-9H,2H2,1H3. The fourth-order valence-electron chi connectivity index (χ4n) is 2.59. The summed E-state index contributed by atoms with van der Waals surface area (Å²) in [5.41, 5.74) is 2.54. The number of benzene rings is 2. The summed E-state index contributed by atoms with van der Waals surface area (Å²) in [6.07, 6.45) is 0.762. The van der Waals surface area contributed by atoms with Gasteiger partial charge in [-0.25, -0.2) is 9.97 Å². The van der Waals surface area contributed by atoms with Crippen LogP contribution in [0.25, 0.3) is 27.9 Å². The summed E-state index contributed by atoms with van der Waals surface area (Å²) in [6.45, 7) is 2.05. The van der Waals surface area contributed by atoms with Gasteiger partial charge in [0, 0.05) is 27.4 Å². The highest BCUT2D eigenvalue weighted by molar-refractivity contribution is 6.31. The van der Waals surface area contributed by atoms with E-state index in [1.54, 1.807) is 4.52 Å². The molecule has 2 heterocycles. The molecule has 2 aromatic carbocycles. The minimum absolute atomic E-state index is 0.644. The molecule has 0 aliphatic carbocycles. The zero-order chi connectivity index (χ0) is 16.0. The van der Waals surface area contributed by atoms with Gasteiger partial charge in [-0.15, -0.1) is 5.10 Å². The first-order chi connectivity index (χ1) is 11.2. The first-order valence-corrected chi connectivity index (χ1v) is 8.02. The molecule has 0 atom stereocenters. The number of aryl methyl sites for hydroxylation is 1. The number of rotatable bonds is 2. The predicted molar refractivity (Wildman–Crippen MR) is 93.1 cm³/mol. The molecule has 6 heteroatoms. The molecule has 0 unspecified atom stereocenters. The summed E-state index contributed by atoms with van der Waals surface area (Å²) in [5.74, 6) is 1.51. The molecule has 0 fully saturated rings. The van der Waals surface area contributed by atoms with E-state index in [9.17, 15) is 0 Å². The molecular weight excluding hydrogens is 331 g/mol. The van der Waals surface area contributed by atoms with Crippen LogP contribution in [0.15, 0.2) is 42.5 Å². The second-order valence-corrected chi connectivity index (χ2v) is 6.09. The van der Waals surface area contributed by atoms with E-state index in [1.807, 2.05) is 49.4 Å². The number of nitrogens with zero attached hydrogens (tertiary/aromatic N) is 4. The molecule has 0 bridgehead atoms. The van der Waals surface area contributed by atoms with Crippen LogP contribution < -0.4 is 0 Å². The van der Waals surface area contributed by atoms with E-state index in [1.165, 1.54) is 0 Å². The number of halogens is 2. The lowest BCUT2D eigenvalue weighted by Crippen LogP contribution is -2.02. The van der Waals surface area contributed by atoms with Crippen LogP contribution in [0.2, 0.25) is 10.0 Å². The van der Waals surface area contributed by atoms with Crippen LogP contribution in [0.4, 0.5) is 0 Å². The van der Waals surface area contributed by atoms with Crippen molar-refractivity contribution in [3.05, 3.63) is 58.3 Å². The number of hydrogen-bond acceptors (Lipinski definition) is 3. The molecule has 23 heavy (non-hydrogen) atoms. The maximum Gasteiger partial charge on any atom is 0.182 e. The Hall–Kier alpha value is -2.17. The first kappa shape index (κ1) is 14.4. The van der Waals surface area contributed by atoms with Crippen LogP contribution >= 0.6 is 23.2 Å². The molecule has 114 valence electrons. The van der Waals surface area contributed by atoms with Gasteiger partial charge in [0.1, 0.15) is 5.82 Å². The van der Waals surface area contributed by atoms with Crippen molar-refractivity contribution in [3.63, 3.8) is 0 Å². The molecule has 4 nitrogen and oxygen atoms in total. The first-order valence-electron chi connectivity index (χ1n) is 7.26. The van der Waals surface area contributed by atoms with Crippen molar-refractivity contribution >= 4 is 39.8 Å². The normalized spacial score (nSPS) is 11.4. The van der Waals surface area contributed by atoms with Crippen LogP contribution in [0.1, 0.15) is 12.7 Å². The summed E-state index contributed by atoms with van der Waals surface area (Å²) in [5, 5.41) is 6.85. The van der Waals surface area contributed by atoms with Crippen LogP contribution in [0.5, 0.6) is 0 Å². The van der Waals surface area contributed by atoms with Crippen molar-refractivity contribution in [3.8, 4) is 11.4 Å². The number of hydrogen-bond donors (Lipinski definition) is 0. The van der Waals surface area contributed by atoms with Crippen molar-refractivity contribution in [2.24, 2.45) is 0 Å². The van der Waals surface area contributed by atoms with Gasteiger partial charge >= 0.3 is 0 Å². The monoisotopic (exact) mass is 342 g/mol. The van der Waals surface area contributed by atoms with Crippen molar-refractivity contribution < 1.29 is 0 Å². The smallest absolute Gasteiger partial charge is 0.182 e. The summed E-state index contributed by atoms with van der Waals surface area (Å²) in [7, 11) is 0. The van der Waals surface area contributed by atoms with Gasteiger partial charge in [0.25, 0.3) is 0 Å². The summed E-state index contributed by atoms with van der Waals surface area (Å²) >= 11 is 12.1. The molecule has 0 saturated heterocycles. The summed E-state index contributed by atoms with van der Waals surface area (Å²) in [6, 6.07) is 13.1. The molecular formula is C17H12Cl2N4. The van der Waals surface area contributed by atoms with E-state index < -0.39 is 0 Å². The molecule has 0 spiro atoms. The lowest BCUT2D eigenvalue weighted by Gasteiger charge is -2.04. The molecule has 0 N–H and O–H groups in total. The zero-order valence-corrected chi connectivity index (χ0v) is 13.8. The van der Waals surface area contributed by atoms with Gasteiger partial charge in [-0.05, 0) is 42.5 Å². The van der Waals surface area contributed by atoms with E-state index in [0.29, 0.717) is 15.9 Å². The maximum absolute atomic E-state index is 6.13. The zero-order valence-electron chi connectivity index (χ0n) is 12.3. The Labute approximate surface area is 142 Å². The highest BCUT2D eigenvalue weighted by atomic mass is 35.5. The highest BCUT2D eigenvalue weighted by Gasteiger charge is 2.14. The predicted octanol–water partition coefficient (Wildman–Crippen LogP) is 4.81. The van der Waals surface area contributed by atoms with E-state index in [2.05, 4.69) is 10.1 Å². The topological polar surface area (TPSA) is 43.1 Å². The second kappa shape index (κ2) is 5.48. The lowest BCUT2D eigenvalue weighted by atomic mass is 10.2. The van der Waals surface area contributed by atoms with Gasteiger partial charge in [0.15, 0.2) is 11.5 Å². The SMILES string of the molecule is CCc1nc2ccc(Cl)cc2c2nc(-c3ccc(Cl)cc3)nn12. The quantitative estimate of drug-likeness (QED) is 0.524.